The van der Waals surface area contributed by atoms with Gasteiger partial charge in [-0.25, -0.2) is 17.2 Å². The zero-order valence-corrected chi connectivity index (χ0v) is 10.7. The van der Waals surface area contributed by atoms with E-state index in [2.05, 4.69) is 5.32 Å². The lowest BCUT2D eigenvalue weighted by Crippen LogP contribution is -2.38. The molecule has 0 radical (unpaired) electrons. The molecule has 3 nitrogen and oxygen atoms in total. The minimum atomic E-state index is -3.80. The summed E-state index contributed by atoms with van der Waals surface area (Å²) in [6.07, 6.45) is 0. The average Bonchev–Trinajstić information content (AvgIpc) is 2.26. The van der Waals surface area contributed by atoms with Crippen LogP contribution in [0.5, 0.6) is 0 Å². The normalized spacial score (nSPS) is 15.6. The lowest BCUT2D eigenvalue weighted by atomic mass is 10.3. The van der Waals surface area contributed by atoms with Crippen molar-refractivity contribution in [3.8, 4) is 0 Å². The van der Waals surface area contributed by atoms with Gasteiger partial charge in [-0.05, 0) is 33.0 Å². The largest absolute Gasteiger partial charge is 0.316 e. The van der Waals surface area contributed by atoms with Gasteiger partial charge in [0, 0.05) is 12.1 Å². The summed E-state index contributed by atoms with van der Waals surface area (Å²) in [5.74, 6) is -1.85. The van der Waals surface area contributed by atoms with E-state index in [9.17, 15) is 17.2 Å². The van der Waals surface area contributed by atoms with Crippen LogP contribution in [-0.2, 0) is 9.84 Å². The Labute approximate surface area is 99.8 Å². The van der Waals surface area contributed by atoms with Crippen LogP contribution < -0.4 is 5.32 Å². The molecule has 0 aromatic heterocycles. The Hall–Kier alpha value is -1.01. The van der Waals surface area contributed by atoms with Gasteiger partial charge in [0.25, 0.3) is 0 Å². The zero-order chi connectivity index (χ0) is 13.2. The van der Waals surface area contributed by atoms with Gasteiger partial charge in [0.1, 0.15) is 16.5 Å². The highest BCUT2D eigenvalue weighted by molar-refractivity contribution is 7.92. The highest BCUT2D eigenvalue weighted by Crippen LogP contribution is 2.21. The van der Waals surface area contributed by atoms with Gasteiger partial charge >= 0.3 is 0 Å². The van der Waals surface area contributed by atoms with E-state index < -0.39 is 31.6 Å². The first kappa shape index (κ1) is 14.1. The lowest BCUT2D eigenvalue weighted by molar-refractivity contribution is 0.523. The van der Waals surface area contributed by atoms with Crippen molar-refractivity contribution >= 4 is 9.84 Å². The van der Waals surface area contributed by atoms with Gasteiger partial charge in [-0.3, -0.25) is 0 Å². The Kier molecular flexibility index (Phi) is 4.21. The third-order valence-corrected chi connectivity index (χ3v) is 5.18. The summed E-state index contributed by atoms with van der Waals surface area (Å²) in [5.41, 5.74) is 0. The molecule has 1 N–H and O–H groups in total. The topological polar surface area (TPSA) is 46.2 Å². The molecular weight excluding hydrogens is 248 g/mol. The smallest absolute Gasteiger partial charge is 0.185 e. The van der Waals surface area contributed by atoms with Crippen molar-refractivity contribution in [2.75, 3.05) is 7.05 Å². The van der Waals surface area contributed by atoms with Crippen molar-refractivity contribution < 1.29 is 17.2 Å². The molecule has 0 amide bonds. The van der Waals surface area contributed by atoms with E-state index in [0.717, 1.165) is 12.1 Å². The minimum absolute atomic E-state index is 0.329. The van der Waals surface area contributed by atoms with E-state index in [1.807, 2.05) is 0 Å². The van der Waals surface area contributed by atoms with Gasteiger partial charge in [-0.15, -0.1) is 0 Å². The molecule has 2 unspecified atom stereocenters. The van der Waals surface area contributed by atoms with Crippen molar-refractivity contribution in [3.63, 3.8) is 0 Å². The standard InChI is InChI=1S/C11H15F2NO2S/c1-7(14-3)8(2)17(15,16)11-5-4-9(12)6-10(11)13/h4-8,14H,1-3H3. The summed E-state index contributed by atoms with van der Waals surface area (Å²) in [6.45, 7) is 3.17. The van der Waals surface area contributed by atoms with Crippen molar-refractivity contribution in [3.05, 3.63) is 29.8 Å². The van der Waals surface area contributed by atoms with E-state index in [-0.39, 0.29) is 6.04 Å². The summed E-state index contributed by atoms with van der Waals surface area (Å²) >= 11 is 0. The van der Waals surface area contributed by atoms with Gasteiger partial charge < -0.3 is 5.32 Å². The van der Waals surface area contributed by atoms with Crippen LogP contribution in [0.1, 0.15) is 13.8 Å². The first-order chi connectivity index (χ1) is 7.80. The van der Waals surface area contributed by atoms with Crippen LogP contribution in [0, 0.1) is 11.6 Å². The van der Waals surface area contributed by atoms with E-state index in [4.69, 9.17) is 0 Å². The molecule has 0 saturated heterocycles. The molecule has 1 aromatic carbocycles. The predicted molar refractivity (Wildman–Crippen MR) is 61.5 cm³/mol. The maximum atomic E-state index is 13.4. The van der Waals surface area contributed by atoms with E-state index in [1.165, 1.54) is 6.92 Å². The zero-order valence-electron chi connectivity index (χ0n) is 9.87. The van der Waals surface area contributed by atoms with E-state index >= 15 is 0 Å². The molecule has 17 heavy (non-hydrogen) atoms. The maximum Gasteiger partial charge on any atom is 0.185 e. The molecule has 0 heterocycles. The lowest BCUT2D eigenvalue weighted by Gasteiger charge is -2.19. The highest BCUT2D eigenvalue weighted by atomic mass is 32.2. The number of nitrogens with one attached hydrogen (secondary N) is 1. The molecule has 96 valence electrons. The SMILES string of the molecule is CNC(C)C(C)S(=O)(=O)c1ccc(F)cc1F. The molecular formula is C11H15F2NO2S. The number of halogens is 2. The monoisotopic (exact) mass is 263 g/mol. The number of hydrogen-bond donors (Lipinski definition) is 1. The Morgan fingerprint density at radius 3 is 2.29 bits per heavy atom. The van der Waals surface area contributed by atoms with Crippen LogP contribution in [0.25, 0.3) is 0 Å². The van der Waals surface area contributed by atoms with Crippen LogP contribution >= 0.6 is 0 Å². The second kappa shape index (κ2) is 5.10. The van der Waals surface area contributed by atoms with Crippen LogP contribution in [0.2, 0.25) is 0 Å². The van der Waals surface area contributed by atoms with Gasteiger partial charge in [-0.1, -0.05) is 0 Å². The maximum absolute atomic E-state index is 13.4. The molecule has 0 saturated carbocycles. The first-order valence-corrected chi connectivity index (χ1v) is 6.71. The molecule has 1 rings (SSSR count). The van der Waals surface area contributed by atoms with Crippen molar-refractivity contribution in [1.82, 2.24) is 5.32 Å². The van der Waals surface area contributed by atoms with Crippen LogP contribution in [-0.4, -0.2) is 26.8 Å². The second-order valence-corrected chi connectivity index (χ2v) is 6.18. The molecule has 0 fully saturated rings. The van der Waals surface area contributed by atoms with Crippen molar-refractivity contribution in [1.29, 1.82) is 0 Å². The number of rotatable bonds is 4. The van der Waals surface area contributed by atoms with E-state index in [1.54, 1.807) is 14.0 Å². The van der Waals surface area contributed by atoms with Crippen LogP contribution in [0.4, 0.5) is 8.78 Å². The van der Waals surface area contributed by atoms with Gasteiger partial charge in [-0.2, -0.15) is 0 Å². The molecule has 6 heteroatoms. The first-order valence-electron chi connectivity index (χ1n) is 5.17. The highest BCUT2D eigenvalue weighted by Gasteiger charge is 2.30. The third-order valence-electron chi connectivity index (χ3n) is 2.85. The Bertz CT molecular complexity index is 502. The summed E-state index contributed by atoms with van der Waals surface area (Å²) in [7, 11) is -2.18. The summed E-state index contributed by atoms with van der Waals surface area (Å²) < 4.78 is 50.3. The summed E-state index contributed by atoms with van der Waals surface area (Å²) in [4.78, 5) is -0.464. The van der Waals surface area contributed by atoms with Gasteiger partial charge in [0.15, 0.2) is 9.84 Å². The number of benzene rings is 1. The predicted octanol–water partition coefficient (Wildman–Crippen LogP) is 1.73. The second-order valence-electron chi connectivity index (χ2n) is 3.90. The quantitative estimate of drug-likeness (QED) is 0.842. The van der Waals surface area contributed by atoms with Gasteiger partial charge in [0.05, 0.1) is 5.25 Å². The minimum Gasteiger partial charge on any atom is -0.316 e. The summed E-state index contributed by atoms with van der Waals surface area (Å²) in [6, 6.07) is 2.14. The molecule has 0 bridgehead atoms. The fourth-order valence-electron chi connectivity index (χ4n) is 1.41. The van der Waals surface area contributed by atoms with Crippen molar-refractivity contribution in [2.45, 2.75) is 30.0 Å². The van der Waals surface area contributed by atoms with Crippen LogP contribution in [0.15, 0.2) is 23.1 Å². The van der Waals surface area contributed by atoms with Crippen molar-refractivity contribution in [2.24, 2.45) is 0 Å². The Balaban J connectivity index is 3.22. The summed E-state index contributed by atoms with van der Waals surface area (Å²) in [5, 5.41) is 2.00. The Morgan fingerprint density at radius 2 is 1.82 bits per heavy atom. The molecule has 0 aliphatic carbocycles. The average molecular weight is 263 g/mol. The van der Waals surface area contributed by atoms with E-state index in [0.29, 0.717) is 6.07 Å². The van der Waals surface area contributed by atoms with Crippen LogP contribution in [0.3, 0.4) is 0 Å². The van der Waals surface area contributed by atoms with Gasteiger partial charge in [0.2, 0.25) is 0 Å². The Morgan fingerprint density at radius 1 is 1.24 bits per heavy atom. The molecule has 0 aliphatic rings. The molecule has 0 aliphatic heterocycles. The number of sulfone groups is 1. The third kappa shape index (κ3) is 2.81. The fourth-order valence-corrected chi connectivity index (χ4v) is 3.07. The molecule has 1 aromatic rings. The fraction of sp³-hybridized carbons (Fsp3) is 0.455. The molecule has 2 atom stereocenters. The molecule has 0 spiro atoms. The number of hydrogen-bond acceptors (Lipinski definition) is 3.